The Bertz CT molecular complexity index is 643. The fourth-order valence-electron chi connectivity index (χ4n) is 3.21. The van der Waals surface area contributed by atoms with E-state index >= 15 is 0 Å². The number of urea groups is 1. The minimum absolute atomic E-state index is 0.182. The summed E-state index contributed by atoms with van der Waals surface area (Å²) in [5.74, 6) is 0.128. The van der Waals surface area contributed by atoms with E-state index in [1.165, 1.54) is 18.6 Å². The summed E-state index contributed by atoms with van der Waals surface area (Å²) in [6.45, 7) is 2.01. The van der Waals surface area contributed by atoms with Crippen molar-refractivity contribution < 1.29 is 14.0 Å². The number of hydrogen-bond acceptors (Lipinski definition) is 3. The predicted molar refractivity (Wildman–Crippen MR) is 89.4 cm³/mol. The number of hydrogen-bond donors (Lipinski definition) is 1. The van der Waals surface area contributed by atoms with E-state index in [-0.39, 0.29) is 24.7 Å². The molecule has 0 saturated carbocycles. The molecular weight excluding hydrogens is 309 g/mol. The lowest BCUT2D eigenvalue weighted by molar-refractivity contribution is -0.119. The van der Waals surface area contributed by atoms with Gasteiger partial charge in [0, 0.05) is 19.5 Å². The van der Waals surface area contributed by atoms with Gasteiger partial charge in [-0.25, -0.2) is 9.18 Å². The first-order chi connectivity index (χ1) is 11.6. The van der Waals surface area contributed by atoms with E-state index in [1.807, 2.05) is 12.2 Å². The van der Waals surface area contributed by atoms with E-state index in [2.05, 4.69) is 10.2 Å². The van der Waals surface area contributed by atoms with E-state index in [1.54, 1.807) is 11.0 Å². The molecule has 1 fully saturated rings. The maximum Gasteiger partial charge on any atom is 0.329 e. The number of amides is 3. The summed E-state index contributed by atoms with van der Waals surface area (Å²) < 4.78 is 13.7. The first-order valence-electron chi connectivity index (χ1n) is 8.42. The first kappa shape index (κ1) is 16.5. The van der Waals surface area contributed by atoms with Gasteiger partial charge in [-0.1, -0.05) is 12.2 Å². The van der Waals surface area contributed by atoms with Gasteiger partial charge in [0.15, 0.2) is 0 Å². The van der Waals surface area contributed by atoms with Crippen LogP contribution in [0.4, 0.5) is 9.18 Å². The van der Waals surface area contributed by atoms with Gasteiger partial charge in [-0.2, -0.15) is 0 Å². The molecule has 0 bridgehead atoms. The van der Waals surface area contributed by atoms with Gasteiger partial charge in [-0.3, -0.25) is 15.0 Å². The van der Waals surface area contributed by atoms with Crippen LogP contribution in [-0.2, 0) is 4.79 Å². The zero-order valence-corrected chi connectivity index (χ0v) is 13.6. The molecule has 0 atom stereocenters. The Labute approximate surface area is 141 Å². The zero-order chi connectivity index (χ0) is 16.9. The Morgan fingerprint density at radius 1 is 1.12 bits per heavy atom. The molecule has 1 saturated heterocycles. The van der Waals surface area contributed by atoms with Gasteiger partial charge in [-0.05, 0) is 49.5 Å². The molecule has 0 aromatic carbocycles. The number of nitrogens with zero attached hydrogens (tertiary/aromatic N) is 2. The van der Waals surface area contributed by atoms with Crippen LogP contribution in [0.25, 0.3) is 0 Å². The lowest BCUT2D eigenvalue weighted by Crippen LogP contribution is -2.46. The van der Waals surface area contributed by atoms with Crippen molar-refractivity contribution in [2.24, 2.45) is 0 Å². The highest BCUT2D eigenvalue weighted by Crippen LogP contribution is 2.23. The van der Waals surface area contributed by atoms with Crippen molar-refractivity contribution in [1.29, 1.82) is 0 Å². The fourth-order valence-corrected chi connectivity index (χ4v) is 3.21. The van der Waals surface area contributed by atoms with Crippen molar-refractivity contribution in [3.63, 3.8) is 0 Å². The average molecular weight is 331 g/mol. The highest BCUT2D eigenvalue weighted by Gasteiger charge is 2.28. The van der Waals surface area contributed by atoms with Crippen molar-refractivity contribution in [2.75, 3.05) is 19.6 Å². The molecule has 3 amide bonds. The molecular formula is C18H22FN3O2. The van der Waals surface area contributed by atoms with Gasteiger partial charge < -0.3 is 4.90 Å². The van der Waals surface area contributed by atoms with Crippen LogP contribution in [0.1, 0.15) is 32.1 Å². The third kappa shape index (κ3) is 3.93. The molecule has 128 valence electrons. The number of imide groups is 1. The lowest BCUT2D eigenvalue weighted by Gasteiger charge is -2.36. The van der Waals surface area contributed by atoms with Crippen LogP contribution < -0.4 is 5.32 Å². The fraction of sp³-hybridized carbons (Fsp3) is 0.444. The molecule has 2 aliphatic heterocycles. The monoisotopic (exact) mass is 331 g/mol. The van der Waals surface area contributed by atoms with E-state index in [9.17, 15) is 14.0 Å². The Balaban J connectivity index is 1.85. The smallest absolute Gasteiger partial charge is 0.329 e. The van der Waals surface area contributed by atoms with Crippen LogP contribution in [0.15, 0.2) is 47.6 Å². The highest BCUT2D eigenvalue weighted by atomic mass is 19.1. The van der Waals surface area contributed by atoms with E-state index in [0.717, 1.165) is 37.3 Å². The van der Waals surface area contributed by atoms with Crippen LogP contribution >= 0.6 is 0 Å². The third-order valence-corrected chi connectivity index (χ3v) is 4.39. The van der Waals surface area contributed by atoms with Crippen LogP contribution in [-0.4, -0.2) is 41.4 Å². The van der Waals surface area contributed by atoms with E-state index in [4.69, 9.17) is 0 Å². The molecule has 6 heteroatoms. The molecule has 0 radical (unpaired) electrons. The predicted octanol–water partition coefficient (Wildman–Crippen LogP) is 3.00. The molecule has 0 aromatic heterocycles. The largest absolute Gasteiger partial charge is 0.358 e. The van der Waals surface area contributed by atoms with Gasteiger partial charge in [0.1, 0.15) is 11.6 Å². The Kier molecular flexibility index (Phi) is 5.13. The summed E-state index contributed by atoms with van der Waals surface area (Å²) in [7, 11) is 0. The first-order valence-corrected chi connectivity index (χ1v) is 8.42. The molecule has 0 unspecified atom stereocenters. The zero-order valence-electron chi connectivity index (χ0n) is 13.6. The highest BCUT2D eigenvalue weighted by molar-refractivity contribution is 5.96. The van der Waals surface area contributed by atoms with Crippen molar-refractivity contribution in [3.05, 3.63) is 47.6 Å². The number of carbonyl (C=O) groups excluding carboxylic acids is 2. The number of allylic oxidation sites excluding steroid dienone is 5. The second kappa shape index (κ2) is 7.47. The van der Waals surface area contributed by atoms with Crippen molar-refractivity contribution in [1.82, 2.24) is 15.1 Å². The number of halogens is 1. The summed E-state index contributed by atoms with van der Waals surface area (Å²) >= 11 is 0. The van der Waals surface area contributed by atoms with Gasteiger partial charge in [0.2, 0.25) is 5.91 Å². The van der Waals surface area contributed by atoms with E-state index < -0.39 is 6.03 Å². The third-order valence-electron chi connectivity index (χ3n) is 4.39. The van der Waals surface area contributed by atoms with Gasteiger partial charge >= 0.3 is 6.03 Å². The normalized spacial score (nSPS) is 22.3. The second-order valence-electron chi connectivity index (χ2n) is 6.24. The SMILES string of the molecule is O=C1CC=C(N2CCCCC2)N(CC2=CC(F)=CC=CC2)C(=O)N1. The molecule has 0 spiro atoms. The topological polar surface area (TPSA) is 52.7 Å². The maximum atomic E-state index is 13.7. The molecule has 0 aromatic rings. The molecule has 3 aliphatic rings. The number of rotatable bonds is 3. The second-order valence-corrected chi connectivity index (χ2v) is 6.24. The Morgan fingerprint density at radius 2 is 1.92 bits per heavy atom. The molecule has 5 nitrogen and oxygen atoms in total. The quantitative estimate of drug-likeness (QED) is 0.865. The number of carbonyl (C=O) groups is 2. The Morgan fingerprint density at radius 3 is 2.71 bits per heavy atom. The maximum absolute atomic E-state index is 13.7. The summed E-state index contributed by atoms with van der Waals surface area (Å²) in [6.07, 6.45) is 12.3. The van der Waals surface area contributed by atoms with Gasteiger partial charge in [-0.15, -0.1) is 0 Å². The van der Waals surface area contributed by atoms with Gasteiger partial charge in [0.25, 0.3) is 0 Å². The van der Waals surface area contributed by atoms with Crippen LogP contribution in [0.2, 0.25) is 0 Å². The minimum Gasteiger partial charge on any atom is -0.358 e. The molecule has 1 aliphatic carbocycles. The van der Waals surface area contributed by atoms with Crippen molar-refractivity contribution >= 4 is 11.9 Å². The van der Waals surface area contributed by atoms with Crippen LogP contribution in [0.5, 0.6) is 0 Å². The minimum atomic E-state index is -0.437. The van der Waals surface area contributed by atoms with Gasteiger partial charge in [0.05, 0.1) is 6.54 Å². The molecule has 24 heavy (non-hydrogen) atoms. The summed E-state index contributed by atoms with van der Waals surface area (Å²) in [4.78, 5) is 28.0. The average Bonchev–Trinajstić information content (AvgIpc) is 2.85. The molecule has 1 N–H and O–H groups in total. The number of piperidine rings is 1. The van der Waals surface area contributed by atoms with Crippen molar-refractivity contribution in [3.8, 4) is 0 Å². The van der Waals surface area contributed by atoms with Crippen LogP contribution in [0.3, 0.4) is 0 Å². The number of nitrogens with one attached hydrogen (secondary N) is 1. The molecule has 3 rings (SSSR count). The lowest BCUT2D eigenvalue weighted by atomic mass is 10.1. The van der Waals surface area contributed by atoms with Crippen molar-refractivity contribution in [2.45, 2.75) is 32.1 Å². The summed E-state index contributed by atoms with van der Waals surface area (Å²) in [6, 6.07) is -0.437. The standard InChI is InChI=1S/C18H22FN3O2/c19-15-7-3-2-6-14(12-15)13-22-17(21-10-4-1-5-11-21)9-8-16(23)20-18(22)24/h2-3,7,9,12H,1,4-6,8,10-11,13H2,(H,20,23,24). The Hall–Kier alpha value is -2.37. The van der Waals surface area contributed by atoms with E-state index in [0.29, 0.717) is 6.42 Å². The molecule has 2 heterocycles. The summed E-state index contributed by atoms with van der Waals surface area (Å²) in [5.41, 5.74) is 0.796. The number of likely N-dealkylation sites (tertiary alicyclic amines) is 1. The van der Waals surface area contributed by atoms with Crippen LogP contribution in [0, 0.1) is 0 Å². The summed E-state index contributed by atoms with van der Waals surface area (Å²) in [5, 5.41) is 2.39.